The van der Waals surface area contributed by atoms with Crippen molar-refractivity contribution in [3.05, 3.63) is 30.3 Å². The number of likely N-dealkylation sites (N-methyl/N-ethyl adjacent to an activating group) is 1. The van der Waals surface area contributed by atoms with Gasteiger partial charge in [-0.3, -0.25) is 4.94 Å². The molecule has 1 heterocycles. The number of rotatable bonds is 6. The Morgan fingerprint density at radius 3 is 2.36 bits per heavy atom. The van der Waals surface area contributed by atoms with E-state index in [4.69, 9.17) is 19.9 Å². The van der Waals surface area contributed by atoms with Crippen LogP contribution in [0.1, 0.15) is 0 Å². The molecule has 0 amide bonds. The highest BCUT2D eigenvalue weighted by molar-refractivity contribution is 7.92. The lowest BCUT2D eigenvalue weighted by atomic mass is 10.2. The highest BCUT2D eigenvalue weighted by Crippen LogP contribution is 2.25. The molecule has 0 aliphatic carbocycles. The number of ether oxygens (including phenoxy) is 1. The highest BCUT2D eigenvalue weighted by atomic mass is 32.2. The zero-order valence-electron chi connectivity index (χ0n) is 12.7. The molecule has 3 atom stereocenters. The number of oxime groups is 1. The van der Waals surface area contributed by atoms with E-state index in [2.05, 4.69) is 5.16 Å². The van der Waals surface area contributed by atoms with Gasteiger partial charge < -0.3 is 20.1 Å². The van der Waals surface area contributed by atoms with Crippen LogP contribution in [0.3, 0.4) is 0 Å². The molecule has 0 bridgehead atoms. The number of carboxylic acids is 2. The number of nitrogens with zero attached hydrogens (tertiary/aromatic N) is 2. The van der Waals surface area contributed by atoms with Crippen LogP contribution in [0.5, 0.6) is 0 Å². The van der Waals surface area contributed by atoms with Crippen molar-refractivity contribution in [3.63, 3.8) is 0 Å². The molecule has 0 saturated heterocycles. The minimum absolute atomic E-state index is 0.112. The first-order valence-corrected chi connectivity index (χ1v) is 8.28. The largest absolute Gasteiger partial charge is 0.479 e. The molecular formula is C13H14N2O9S. The molecule has 11 nitrogen and oxygen atoms in total. The van der Waals surface area contributed by atoms with Crippen molar-refractivity contribution in [1.82, 2.24) is 5.06 Å². The molecule has 3 N–H and O–H groups in total. The summed E-state index contributed by atoms with van der Waals surface area (Å²) in [5, 5.41) is 29.6. The summed E-state index contributed by atoms with van der Waals surface area (Å²) in [5.41, 5.74) is 0. The van der Waals surface area contributed by atoms with E-state index < -0.39 is 45.3 Å². The van der Waals surface area contributed by atoms with Gasteiger partial charge in [0, 0.05) is 7.05 Å². The van der Waals surface area contributed by atoms with Gasteiger partial charge in [-0.15, -0.1) is 0 Å². The summed E-state index contributed by atoms with van der Waals surface area (Å²) in [4.78, 5) is 26.5. The van der Waals surface area contributed by atoms with Crippen LogP contribution in [0.4, 0.5) is 0 Å². The van der Waals surface area contributed by atoms with Crippen LogP contribution < -0.4 is 0 Å². The molecule has 1 unspecified atom stereocenters. The fraction of sp³-hybridized carbons (Fsp3) is 0.308. The normalized spacial score (nSPS) is 20.2. The highest BCUT2D eigenvalue weighted by Gasteiger charge is 2.46. The van der Waals surface area contributed by atoms with Gasteiger partial charge in [-0.05, 0) is 17.3 Å². The number of aliphatic hydroxyl groups excluding tert-OH is 1. The summed E-state index contributed by atoms with van der Waals surface area (Å²) in [7, 11) is -2.91. The minimum atomic E-state index is -4.13. The van der Waals surface area contributed by atoms with Crippen molar-refractivity contribution in [2.24, 2.45) is 5.16 Å². The smallest absolute Gasteiger partial charge is 0.348 e. The number of aliphatic hydroxyl groups is 1. The monoisotopic (exact) mass is 374 g/mol. The van der Waals surface area contributed by atoms with E-state index in [1.54, 1.807) is 6.07 Å². The number of benzene rings is 1. The SMILES string of the molecule is CN1ON=C(O[C@@H](C(=O)O)[C@@H](O)C(=O)O)C1S(=O)(=O)c1ccccc1. The molecule has 2 rings (SSSR count). The average molecular weight is 374 g/mol. The molecule has 0 fully saturated rings. The van der Waals surface area contributed by atoms with Crippen molar-refractivity contribution >= 4 is 27.7 Å². The van der Waals surface area contributed by atoms with Crippen LogP contribution >= 0.6 is 0 Å². The zero-order valence-corrected chi connectivity index (χ0v) is 13.5. The van der Waals surface area contributed by atoms with Crippen LogP contribution in [0, 0.1) is 0 Å². The fourth-order valence-electron chi connectivity index (χ4n) is 2.00. The first-order valence-electron chi connectivity index (χ1n) is 6.73. The third-order valence-electron chi connectivity index (χ3n) is 3.20. The number of hydrogen-bond donors (Lipinski definition) is 3. The van der Waals surface area contributed by atoms with Crippen LogP contribution in [-0.2, 0) is 29.1 Å². The molecule has 0 spiro atoms. The second-order valence-electron chi connectivity index (χ2n) is 4.93. The van der Waals surface area contributed by atoms with Gasteiger partial charge in [0.05, 0.1) is 4.90 Å². The van der Waals surface area contributed by atoms with E-state index in [0.717, 1.165) is 5.06 Å². The van der Waals surface area contributed by atoms with Crippen molar-refractivity contribution < 1.29 is 43.0 Å². The maximum Gasteiger partial charge on any atom is 0.348 e. The van der Waals surface area contributed by atoms with Crippen LogP contribution in [-0.4, -0.2) is 71.3 Å². The summed E-state index contributed by atoms with van der Waals surface area (Å²) in [5.74, 6) is -4.38. The second kappa shape index (κ2) is 7.04. The maximum absolute atomic E-state index is 12.7. The Morgan fingerprint density at radius 1 is 1.24 bits per heavy atom. The van der Waals surface area contributed by atoms with Gasteiger partial charge in [0.15, 0.2) is 6.10 Å². The molecule has 0 saturated carbocycles. The number of hydrogen-bond acceptors (Lipinski definition) is 9. The zero-order chi connectivity index (χ0) is 18.8. The fourth-order valence-corrected chi connectivity index (χ4v) is 3.59. The van der Waals surface area contributed by atoms with E-state index >= 15 is 0 Å². The van der Waals surface area contributed by atoms with Crippen molar-refractivity contribution in [1.29, 1.82) is 0 Å². The Kier molecular flexibility index (Phi) is 5.25. The van der Waals surface area contributed by atoms with E-state index in [1.807, 2.05) is 0 Å². The Bertz CT molecular complexity index is 793. The quantitative estimate of drug-likeness (QED) is 0.556. The molecule has 0 radical (unpaired) electrons. The van der Waals surface area contributed by atoms with E-state index in [9.17, 15) is 23.1 Å². The minimum Gasteiger partial charge on any atom is -0.479 e. The number of carboxylic acid groups (broad SMARTS) is 2. The van der Waals surface area contributed by atoms with Crippen molar-refractivity contribution in [2.75, 3.05) is 7.05 Å². The van der Waals surface area contributed by atoms with Gasteiger partial charge in [-0.1, -0.05) is 23.3 Å². The molecule has 12 heteroatoms. The summed E-state index contributed by atoms with van der Waals surface area (Å²) in [6, 6.07) is 7.17. The third-order valence-corrected chi connectivity index (χ3v) is 5.21. The van der Waals surface area contributed by atoms with Gasteiger partial charge in [0.1, 0.15) is 0 Å². The average Bonchev–Trinajstić information content (AvgIpc) is 2.93. The van der Waals surface area contributed by atoms with Crippen molar-refractivity contribution in [3.8, 4) is 0 Å². The first-order chi connectivity index (χ1) is 11.7. The summed E-state index contributed by atoms with van der Waals surface area (Å²) >= 11 is 0. The molecule has 1 aliphatic rings. The van der Waals surface area contributed by atoms with E-state index in [0.29, 0.717) is 0 Å². The lowest BCUT2D eigenvalue weighted by Crippen LogP contribution is -2.47. The lowest BCUT2D eigenvalue weighted by Gasteiger charge is -2.21. The van der Waals surface area contributed by atoms with Crippen LogP contribution in [0.15, 0.2) is 40.4 Å². The molecule has 1 aromatic carbocycles. The van der Waals surface area contributed by atoms with Crippen LogP contribution in [0.25, 0.3) is 0 Å². The van der Waals surface area contributed by atoms with Gasteiger partial charge in [0.25, 0.3) is 5.90 Å². The van der Waals surface area contributed by atoms with Gasteiger partial charge >= 0.3 is 11.9 Å². The number of sulfone groups is 1. The molecule has 1 aromatic rings. The number of carbonyl (C=O) groups is 2. The van der Waals surface area contributed by atoms with Gasteiger partial charge in [0.2, 0.25) is 21.3 Å². The predicted octanol–water partition coefficient (Wildman–Crippen LogP) is -1.11. The van der Waals surface area contributed by atoms with Gasteiger partial charge in [-0.25, -0.2) is 18.0 Å². The Hall–Kier alpha value is -2.70. The molecular weight excluding hydrogens is 360 g/mol. The standard InChI is InChI=1S/C13H14N2O9S/c1-15-11(25(21,22)7-5-3-2-4-6-7)10(14-24-15)23-9(13(19)20)8(16)12(17)18/h2-6,8-9,11,16H,1H3,(H,17,18)(H,19,20)/t8-,9-,11?/m1/s1. The second-order valence-corrected chi connectivity index (χ2v) is 6.94. The Balaban J connectivity index is 2.35. The third kappa shape index (κ3) is 3.70. The van der Waals surface area contributed by atoms with E-state index in [1.165, 1.54) is 31.3 Å². The molecule has 0 aromatic heterocycles. The first kappa shape index (κ1) is 18.6. The summed E-state index contributed by atoms with van der Waals surface area (Å²) in [6.07, 6.45) is -4.72. The summed E-state index contributed by atoms with van der Waals surface area (Å²) in [6.45, 7) is 0. The number of hydroxylamine groups is 2. The Morgan fingerprint density at radius 2 is 1.84 bits per heavy atom. The summed E-state index contributed by atoms with van der Waals surface area (Å²) < 4.78 is 30.3. The number of aliphatic carboxylic acids is 2. The maximum atomic E-state index is 12.7. The molecule has 1 aliphatic heterocycles. The lowest BCUT2D eigenvalue weighted by molar-refractivity contribution is -0.164. The van der Waals surface area contributed by atoms with Gasteiger partial charge in [-0.2, -0.15) is 0 Å². The topological polar surface area (TPSA) is 163 Å². The predicted molar refractivity (Wildman–Crippen MR) is 79.9 cm³/mol. The molecule has 25 heavy (non-hydrogen) atoms. The molecule has 136 valence electrons. The van der Waals surface area contributed by atoms with Crippen molar-refractivity contribution in [2.45, 2.75) is 22.5 Å². The van der Waals surface area contributed by atoms with Crippen LogP contribution in [0.2, 0.25) is 0 Å². The van der Waals surface area contributed by atoms with E-state index in [-0.39, 0.29) is 4.90 Å². The Labute approximate surface area is 141 Å².